The summed E-state index contributed by atoms with van der Waals surface area (Å²) in [4.78, 5) is 2.53. The standard InChI is InChI=1S/C54H39N/c1-53(2)47-24-13-12-23-45(47)52-49(53)26-15-27-51(52)55(40-31-30-37-29-28-36-16-9-10-21-42(36)46(37)34-40)41-32-33-44-43-22-11-14-25-48(43)54(50(44)35-41,38-17-5-3-6-18-38)39-19-7-4-8-20-39/h3-35H,1-2H3. The Hall–Kier alpha value is -6.70. The number of hydrogen-bond acceptors (Lipinski definition) is 1. The van der Waals surface area contributed by atoms with Gasteiger partial charge in [0.2, 0.25) is 0 Å². The van der Waals surface area contributed by atoms with Crippen molar-refractivity contribution in [1.82, 2.24) is 0 Å². The lowest BCUT2D eigenvalue weighted by atomic mass is 9.67. The quantitative estimate of drug-likeness (QED) is 0.162. The minimum atomic E-state index is -0.497. The third-order valence-corrected chi connectivity index (χ3v) is 12.5. The van der Waals surface area contributed by atoms with Crippen molar-refractivity contribution in [2.75, 3.05) is 4.90 Å². The van der Waals surface area contributed by atoms with E-state index in [1.165, 1.54) is 82.9 Å². The molecule has 1 nitrogen and oxygen atoms in total. The Morgan fingerprint density at radius 3 is 1.67 bits per heavy atom. The van der Waals surface area contributed by atoms with Gasteiger partial charge >= 0.3 is 0 Å². The van der Waals surface area contributed by atoms with Gasteiger partial charge in [-0.05, 0) is 102 Å². The summed E-state index contributed by atoms with van der Waals surface area (Å²) in [5.74, 6) is 0. The van der Waals surface area contributed by atoms with Crippen LogP contribution in [0, 0.1) is 0 Å². The van der Waals surface area contributed by atoms with E-state index in [0.717, 1.165) is 11.4 Å². The molecule has 0 aromatic heterocycles. The summed E-state index contributed by atoms with van der Waals surface area (Å²) >= 11 is 0. The molecule has 0 amide bonds. The molecule has 55 heavy (non-hydrogen) atoms. The summed E-state index contributed by atoms with van der Waals surface area (Å²) < 4.78 is 0. The highest BCUT2D eigenvalue weighted by Crippen LogP contribution is 2.59. The van der Waals surface area contributed by atoms with E-state index in [1.54, 1.807) is 0 Å². The lowest BCUT2D eigenvalue weighted by Crippen LogP contribution is -2.28. The van der Waals surface area contributed by atoms with Gasteiger partial charge in [-0.25, -0.2) is 0 Å². The number of rotatable bonds is 5. The van der Waals surface area contributed by atoms with Crippen LogP contribution in [0.2, 0.25) is 0 Å². The van der Waals surface area contributed by atoms with E-state index < -0.39 is 5.41 Å². The summed E-state index contributed by atoms with van der Waals surface area (Å²) in [6.07, 6.45) is 0. The van der Waals surface area contributed by atoms with Crippen LogP contribution in [-0.2, 0) is 10.8 Å². The van der Waals surface area contributed by atoms with Gasteiger partial charge in [0, 0.05) is 22.4 Å². The summed E-state index contributed by atoms with van der Waals surface area (Å²) in [5.41, 5.74) is 15.9. The van der Waals surface area contributed by atoms with Gasteiger partial charge in [-0.2, -0.15) is 0 Å². The molecule has 2 aliphatic rings. The van der Waals surface area contributed by atoms with Crippen LogP contribution in [0.1, 0.15) is 47.2 Å². The van der Waals surface area contributed by atoms with E-state index in [1.807, 2.05) is 0 Å². The number of benzene rings is 9. The molecule has 0 N–H and O–H groups in total. The second-order valence-corrected chi connectivity index (χ2v) is 15.7. The van der Waals surface area contributed by atoms with Gasteiger partial charge in [0.25, 0.3) is 0 Å². The van der Waals surface area contributed by atoms with E-state index in [9.17, 15) is 0 Å². The monoisotopic (exact) mass is 701 g/mol. The molecule has 260 valence electrons. The van der Waals surface area contributed by atoms with Crippen molar-refractivity contribution in [1.29, 1.82) is 0 Å². The Balaban J connectivity index is 1.24. The van der Waals surface area contributed by atoms with Gasteiger partial charge in [0.05, 0.1) is 11.1 Å². The van der Waals surface area contributed by atoms with Crippen LogP contribution in [0.4, 0.5) is 17.1 Å². The molecule has 0 bridgehead atoms. The van der Waals surface area contributed by atoms with Gasteiger partial charge in [0.1, 0.15) is 0 Å². The van der Waals surface area contributed by atoms with Crippen LogP contribution in [0.3, 0.4) is 0 Å². The van der Waals surface area contributed by atoms with Crippen LogP contribution in [-0.4, -0.2) is 0 Å². The van der Waals surface area contributed by atoms with E-state index in [0.29, 0.717) is 0 Å². The first-order chi connectivity index (χ1) is 27.0. The summed E-state index contributed by atoms with van der Waals surface area (Å²) in [7, 11) is 0. The summed E-state index contributed by atoms with van der Waals surface area (Å²) in [5, 5.41) is 5.01. The van der Waals surface area contributed by atoms with Crippen molar-refractivity contribution >= 4 is 38.6 Å². The summed E-state index contributed by atoms with van der Waals surface area (Å²) in [6.45, 7) is 4.74. The topological polar surface area (TPSA) is 3.24 Å². The smallest absolute Gasteiger partial charge is 0.0714 e. The molecule has 9 aromatic rings. The average molecular weight is 702 g/mol. The fraction of sp³-hybridized carbons (Fsp3) is 0.0741. The van der Waals surface area contributed by atoms with Gasteiger partial charge < -0.3 is 4.90 Å². The van der Waals surface area contributed by atoms with Crippen LogP contribution in [0.5, 0.6) is 0 Å². The first-order valence-corrected chi connectivity index (χ1v) is 19.4. The van der Waals surface area contributed by atoms with E-state index in [4.69, 9.17) is 0 Å². The highest BCUT2D eigenvalue weighted by Gasteiger charge is 2.46. The Morgan fingerprint density at radius 2 is 0.909 bits per heavy atom. The minimum Gasteiger partial charge on any atom is -0.310 e. The fourth-order valence-corrected chi connectivity index (χ4v) is 10.0. The van der Waals surface area contributed by atoms with Crippen molar-refractivity contribution in [3.05, 3.63) is 234 Å². The molecule has 2 aliphatic carbocycles. The zero-order valence-corrected chi connectivity index (χ0v) is 31.0. The highest BCUT2D eigenvalue weighted by molar-refractivity contribution is 6.09. The van der Waals surface area contributed by atoms with Crippen molar-refractivity contribution in [3.63, 3.8) is 0 Å². The highest BCUT2D eigenvalue weighted by atomic mass is 15.1. The zero-order chi connectivity index (χ0) is 36.7. The molecule has 1 heteroatoms. The van der Waals surface area contributed by atoms with E-state index in [-0.39, 0.29) is 5.41 Å². The first-order valence-electron chi connectivity index (χ1n) is 19.4. The molecular weight excluding hydrogens is 663 g/mol. The van der Waals surface area contributed by atoms with Crippen LogP contribution < -0.4 is 4.90 Å². The second kappa shape index (κ2) is 11.9. The zero-order valence-electron chi connectivity index (χ0n) is 31.0. The molecule has 0 unspecified atom stereocenters. The number of fused-ring (bicyclic) bond motifs is 9. The molecular formula is C54H39N. The maximum atomic E-state index is 2.53. The Labute approximate surface area is 322 Å². The van der Waals surface area contributed by atoms with Crippen molar-refractivity contribution < 1.29 is 0 Å². The molecule has 0 saturated carbocycles. The Kier molecular flexibility index (Phi) is 6.88. The number of nitrogens with zero attached hydrogens (tertiary/aromatic N) is 1. The third kappa shape index (κ3) is 4.47. The van der Waals surface area contributed by atoms with Gasteiger partial charge in [-0.3, -0.25) is 0 Å². The lowest BCUT2D eigenvalue weighted by molar-refractivity contribution is 0.660. The maximum absolute atomic E-state index is 2.53. The molecule has 0 radical (unpaired) electrons. The third-order valence-electron chi connectivity index (χ3n) is 12.5. The van der Waals surface area contributed by atoms with Crippen molar-refractivity contribution in [2.45, 2.75) is 24.7 Å². The number of hydrogen-bond donors (Lipinski definition) is 0. The normalized spacial score (nSPS) is 14.3. The largest absolute Gasteiger partial charge is 0.310 e. The molecule has 0 aliphatic heterocycles. The summed E-state index contributed by atoms with van der Waals surface area (Å²) in [6, 6.07) is 74.6. The average Bonchev–Trinajstić information content (AvgIpc) is 3.67. The Bertz CT molecular complexity index is 2920. The molecule has 0 fully saturated rings. The lowest BCUT2D eigenvalue weighted by Gasteiger charge is -2.35. The number of anilines is 3. The maximum Gasteiger partial charge on any atom is 0.0714 e. The Morgan fingerprint density at radius 1 is 0.364 bits per heavy atom. The van der Waals surface area contributed by atoms with Crippen LogP contribution in [0.25, 0.3) is 43.8 Å². The molecule has 11 rings (SSSR count). The van der Waals surface area contributed by atoms with Crippen LogP contribution >= 0.6 is 0 Å². The van der Waals surface area contributed by atoms with Crippen molar-refractivity contribution in [2.24, 2.45) is 0 Å². The first kappa shape index (κ1) is 31.8. The van der Waals surface area contributed by atoms with Crippen molar-refractivity contribution in [3.8, 4) is 22.3 Å². The fourth-order valence-electron chi connectivity index (χ4n) is 10.0. The molecule has 0 spiro atoms. The van der Waals surface area contributed by atoms with Crippen LogP contribution in [0.15, 0.2) is 200 Å². The van der Waals surface area contributed by atoms with Gasteiger partial charge in [-0.1, -0.05) is 184 Å². The second-order valence-electron chi connectivity index (χ2n) is 15.7. The molecule has 9 aromatic carbocycles. The van der Waals surface area contributed by atoms with E-state index in [2.05, 4.69) is 219 Å². The predicted octanol–water partition coefficient (Wildman–Crippen LogP) is 14.1. The van der Waals surface area contributed by atoms with Gasteiger partial charge in [0.15, 0.2) is 0 Å². The minimum absolute atomic E-state index is 0.122. The SMILES string of the molecule is CC1(C)c2ccccc2-c2c(N(c3ccc4c(c3)C(c3ccccc3)(c3ccccc3)c3ccccc3-4)c3ccc4ccc5ccccc5c4c3)cccc21. The molecule has 0 saturated heterocycles. The molecule has 0 atom stereocenters. The van der Waals surface area contributed by atoms with Gasteiger partial charge in [-0.15, -0.1) is 0 Å². The molecule has 0 heterocycles. The van der Waals surface area contributed by atoms with E-state index >= 15 is 0 Å². The predicted molar refractivity (Wildman–Crippen MR) is 231 cm³/mol.